The minimum Gasteiger partial charge on any atom is -0.369 e. The number of hydrogen-bond donors (Lipinski definition) is 4. The molecule has 3 fully saturated rings. The number of anilines is 4. The van der Waals surface area contributed by atoms with E-state index in [0.717, 1.165) is 53.3 Å². The van der Waals surface area contributed by atoms with E-state index in [1.54, 1.807) is 18.3 Å². The fourth-order valence-corrected chi connectivity index (χ4v) is 8.53. The first-order valence-corrected chi connectivity index (χ1v) is 20.6. The second-order valence-corrected chi connectivity index (χ2v) is 15.7. The van der Waals surface area contributed by atoms with Crippen LogP contribution < -0.4 is 31.1 Å². The zero-order chi connectivity index (χ0) is 42.5. The lowest BCUT2D eigenvalue weighted by Crippen LogP contribution is -2.54. The van der Waals surface area contributed by atoms with E-state index in [1.807, 2.05) is 70.5 Å². The summed E-state index contributed by atoms with van der Waals surface area (Å²) in [5, 5.41) is 20.8. The summed E-state index contributed by atoms with van der Waals surface area (Å²) < 4.78 is 0. The molecule has 1 saturated carbocycles. The molecule has 16 nitrogen and oxygen atoms in total. The Labute approximate surface area is 352 Å². The molecule has 1 aliphatic carbocycles. The number of carbonyl (C=O) groups is 6. The van der Waals surface area contributed by atoms with Crippen LogP contribution in [-0.4, -0.2) is 101 Å². The zero-order valence-corrected chi connectivity index (χ0v) is 33.5. The molecule has 1 aromatic heterocycles. The molecule has 2 saturated heterocycles. The molecule has 4 N–H and O–H groups in total. The fourth-order valence-electron chi connectivity index (χ4n) is 8.53. The lowest BCUT2D eigenvalue weighted by Gasteiger charge is -2.38. The van der Waals surface area contributed by atoms with Crippen molar-refractivity contribution in [3.8, 4) is 6.07 Å². The van der Waals surface area contributed by atoms with Gasteiger partial charge < -0.3 is 20.9 Å². The van der Waals surface area contributed by atoms with Crippen molar-refractivity contribution in [2.45, 2.75) is 63.2 Å². The van der Waals surface area contributed by atoms with E-state index in [2.05, 4.69) is 37.2 Å². The van der Waals surface area contributed by atoms with Crippen molar-refractivity contribution in [1.82, 2.24) is 25.4 Å². The average Bonchev–Trinajstić information content (AvgIpc) is 3.52. The third-order valence-corrected chi connectivity index (χ3v) is 11.8. The zero-order valence-electron chi connectivity index (χ0n) is 33.5. The summed E-state index contributed by atoms with van der Waals surface area (Å²) in [4.78, 5) is 88.8. The number of piperazine rings is 1. The van der Waals surface area contributed by atoms with E-state index in [4.69, 9.17) is 5.26 Å². The molecular formula is C45H46N10O6. The molecular weight excluding hydrogens is 777 g/mol. The first-order chi connectivity index (χ1) is 29.6. The van der Waals surface area contributed by atoms with Crippen molar-refractivity contribution in [3.63, 3.8) is 0 Å². The molecule has 16 heteroatoms. The lowest BCUT2D eigenvalue weighted by molar-refractivity contribution is -0.136. The van der Waals surface area contributed by atoms with Crippen LogP contribution in [0.2, 0.25) is 0 Å². The number of nitriles is 1. The smallest absolute Gasteiger partial charge is 0.322 e. The van der Waals surface area contributed by atoms with E-state index in [1.165, 1.54) is 12.1 Å². The van der Waals surface area contributed by atoms with Crippen molar-refractivity contribution in [2.24, 2.45) is 0 Å². The van der Waals surface area contributed by atoms with Crippen LogP contribution in [0.15, 0.2) is 91.1 Å². The average molecular weight is 823 g/mol. The van der Waals surface area contributed by atoms with E-state index in [9.17, 15) is 28.8 Å². The van der Waals surface area contributed by atoms with Crippen molar-refractivity contribution < 1.29 is 28.8 Å². The lowest BCUT2D eigenvalue weighted by atomic mass is 9.90. The minimum atomic E-state index is -1.06. The summed E-state index contributed by atoms with van der Waals surface area (Å²) in [6.45, 7) is 3.19. The monoisotopic (exact) mass is 822 g/mol. The second kappa shape index (κ2) is 18.0. The highest BCUT2D eigenvalue weighted by molar-refractivity contribution is 6.24. The fraction of sp³-hybridized carbons (Fsp3) is 0.333. The molecule has 8 rings (SSSR count). The Morgan fingerprint density at radius 3 is 2.26 bits per heavy atom. The van der Waals surface area contributed by atoms with E-state index in [0.29, 0.717) is 44.0 Å². The third-order valence-electron chi connectivity index (χ3n) is 11.8. The van der Waals surface area contributed by atoms with Gasteiger partial charge in [-0.05, 0) is 92.3 Å². The maximum atomic E-state index is 13.9. The summed E-state index contributed by atoms with van der Waals surface area (Å²) in [6.07, 6.45) is 4.97. The second-order valence-electron chi connectivity index (χ2n) is 15.7. The molecule has 3 aromatic carbocycles. The van der Waals surface area contributed by atoms with Gasteiger partial charge in [-0.1, -0.05) is 30.3 Å². The number of rotatable bonds is 11. The van der Waals surface area contributed by atoms with Crippen LogP contribution in [0.25, 0.3) is 0 Å². The molecule has 3 aliphatic heterocycles. The van der Waals surface area contributed by atoms with Gasteiger partial charge in [-0.2, -0.15) is 5.26 Å². The summed E-state index contributed by atoms with van der Waals surface area (Å²) in [5.41, 5.74) is 3.97. The first kappa shape index (κ1) is 40.7. The van der Waals surface area contributed by atoms with Crippen LogP contribution in [0.3, 0.4) is 0 Å². The maximum Gasteiger partial charge on any atom is 0.322 e. The van der Waals surface area contributed by atoms with Gasteiger partial charge in [0.25, 0.3) is 11.8 Å². The van der Waals surface area contributed by atoms with Gasteiger partial charge in [-0.25, -0.2) is 9.78 Å². The Morgan fingerprint density at radius 2 is 1.57 bits per heavy atom. The number of nitrogens with zero attached hydrogens (tertiary/aromatic N) is 6. The van der Waals surface area contributed by atoms with Crippen LogP contribution >= 0.6 is 0 Å². The Kier molecular flexibility index (Phi) is 12.0. The molecule has 1 atom stereocenters. The van der Waals surface area contributed by atoms with Gasteiger partial charge >= 0.3 is 6.03 Å². The number of imide groups is 2. The van der Waals surface area contributed by atoms with E-state index in [-0.39, 0.29) is 54.5 Å². The molecule has 312 valence electrons. The standard InChI is InChI=1S/C45H46N10O6/c46-25-30-6-18-39(47-27-30)49-31-7-10-34(11-8-31)54(45(61)48-26-29-4-2-1-3-5-29)35-14-12-33(13-15-35)53-22-20-52(21-23-53)28-41(57)50-32-9-16-36-37(24-32)44(60)55(43(36)59)38-17-19-40(56)51-42(38)58/h1-6,9,12-16,18,24,27,31,34,38H,7-8,10-11,17,19-23,26,28H2,(H,47,49)(H,48,61)(H,50,57)(H,51,56,58). The number of piperidine rings is 1. The molecule has 4 aromatic rings. The Hall–Kier alpha value is -7.12. The topological polar surface area (TPSA) is 200 Å². The van der Waals surface area contributed by atoms with E-state index < -0.39 is 29.7 Å². The quantitative estimate of drug-likeness (QED) is 0.158. The van der Waals surface area contributed by atoms with Gasteiger partial charge in [-0.3, -0.25) is 44.0 Å². The van der Waals surface area contributed by atoms with E-state index >= 15 is 0 Å². The number of pyridine rings is 1. The van der Waals surface area contributed by atoms with Gasteiger partial charge in [0.2, 0.25) is 17.7 Å². The highest BCUT2D eigenvalue weighted by Crippen LogP contribution is 2.32. The highest BCUT2D eigenvalue weighted by Gasteiger charge is 2.44. The minimum absolute atomic E-state index is 0.00407. The number of nitrogens with one attached hydrogen (secondary N) is 4. The van der Waals surface area contributed by atoms with Crippen LogP contribution in [-0.2, 0) is 20.9 Å². The van der Waals surface area contributed by atoms with Gasteiger partial charge in [-0.15, -0.1) is 0 Å². The van der Waals surface area contributed by atoms with Crippen LogP contribution in [0.1, 0.15) is 70.4 Å². The summed E-state index contributed by atoms with van der Waals surface area (Å²) >= 11 is 0. The molecule has 1 unspecified atom stereocenters. The predicted octanol–water partition coefficient (Wildman–Crippen LogP) is 4.25. The number of hydrogen-bond acceptors (Lipinski definition) is 11. The van der Waals surface area contributed by atoms with Gasteiger partial charge in [0.1, 0.15) is 17.9 Å². The molecule has 7 amide bonds. The molecule has 61 heavy (non-hydrogen) atoms. The van der Waals surface area contributed by atoms with Crippen molar-refractivity contribution in [2.75, 3.05) is 53.2 Å². The van der Waals surface area contributed by atoms with Gasteiger partial charge in [0.05, 0.1) is 23.2 Å². The van der Waals surface area contributed by atoms with Gasteiger partial charge in [0, 0.05) is 74.5 Å². The number of aromatic nitrogens is 1. The SMILES string of the molecule is N#Cc1ccc(NC2CCC(N(C(=O)NCc3ccccc3)c3ccc(N4CCN(CC(=O)Nc5ccc6c(c5)C(=O)N(C5CCC(=O)NC5=O)C6=O)CC4)cc3)CC2)nc1. The number of urea groups is 1. The summed E-state index contributed by atoms with van der Waals surface area (Å²) in [7, 11) is 0. The van der Waals surface area contributed by atoms with Crippen molar-refractivity contribution >= 4 is 58.4 Å². The molecule has 0 spiro atoms. The van der Waals surface area contributed by atoms with Crippen molar-refractivity contribution in [1.29, 1.82) is 5.26 Å². The molecule has 4 heterocycles. The normalized spacial score (nSPS) is 20.3. The van der Waals surface area contributed by atoms with Crippen molar-refractivity contribution in [3.05, 3.63) is 113 Å². The number of fused-ring (bicyclic) bond motifs is 1. The number of benzene rings is 3. The van der Waals surface area contributed by atoms with Gasteiger partial charge in [0.15, 0.2) is 0 Å². The van der Waals surface area contributed by atoms with Crippen LogP contribution in [0, 0.1) is 11.3 Å². The highest BCUT2D eigenvalue weighted by atomic mass is 16.2. The maximum absolute atomic E-state index is 13.9. The Morgan fingerprint density at radius 1 is 0.836 bits per heavy atom. The summed E-state index contributed by atoms with van der Waals surface area (Å²) in [6, 6.07) is 27.1. The number of carbonyl (C=O) groups excluding carboxylic acids is 6. The Balaban J connectivity index is 0.852. The molecule has 0 radical (unpaired) electrons. The van der Waals surface area contributed by atoms with Crippen LogP contribution in [0.5, 0.6) is 0 Å². The molecule has 4 aliphatic rings. The summed E-state index contributed by atoms with van der Waals surface area (Å²) in [5.74, 6) is -1.90. The Bertz CT molecular complexity index is 2350. The largest absolute Gasteiger partial charge is 0.369 e. The third kappa shape index (κ3) is 9.22. The predicted molar refractivity (Wildman–Crippen MR) is 227 cm³/mol. The molecule has 0 bridgehead atoms. The van der Waals surface area contributed by atoms with Crippen LogP contribution in [0.4, 0.5) is 27.7 Å². The first-order valence-electron chi connectivity index (χ1n) is 20.6. The number of amides is 7.